The number of aryl methyl sites for hydroxylation is 1. The van der Waals surface area contributed by atoms with Crippen molar-refractivity contribution in [2.24, 2.45) is 5.41 Å². The van der Waals surface area contributed by atoms with E-state index >= 15 is 0 Å². The van der Waals surface area contributed by atoms with Crippen LogP contribution in [0.15, 0.2) is 18.5 Å². The topological polar surface area (TPSA) is 75.1 Å². The van der Waals surface area contributed by atoms with Gasteiger partial charge in [0.2, 0.25) is 11.8 Å². The summed E-state index contributed by atoms with van der Waals surface area (Å²) in [6.07, 6.45) is 3.45. The number of anilines is 3. The highest BCUT2D eigenvalue weighted by atomic mass is 19.3. The molecule has 0 radical (unpaired) electrons. The second-order valence-corrected chi connectivity index (χ2v) is 8.31. The number of rotatable bonds is 5. The van der Waals surface area contributed by atoms with Gasteiger partial charge in [-0.3, -0.25) is 9.48 Å². The minimum atomic E-state index is -2.53. The fraction of sp³-hybridized carbons (Fsp3) is 0.526. The number of carbonyl (C=O) groups excluding carboxylic acids is 1. The van der Waals surface area contributed by atoms with Crippen LogP contribution in [0.3, 0.4) is 0 Å². The summed E-state index contributed by atoms with van der Waals surface area (Å²) in [6.45, 7) is 5.05. The molecule has 2 aromatic heterocycles. The number of amides is 1. The van der Waals surface area contributed by atoms with Gasteiger partial charge in [-0.15, -0.1) is 0 Å². The molecule has 0 aromatic carbocycles. The van der Waals surface area contributed by atoms with Crippen LogP contribution in [0.5, 0.6) is 0 Å². The smallest absolute Gasteiger partial charge is 0.249 e. The van der Waals surface area contributed by atoms with Gasteiger partial charge in [0.25, 0.3) is 0 Å². The van der Waals surface area contributed by atoms with E-state index in [0.717, 1.165) is 22.6 Å². The number of alkyl halides is 2. The molecule has 0 saturated heterocycles. The van der Waals surface area contributed by atoms with Crippen LogP contribution < -0.4 is 15.5 Å². The lowest BCUT2D eigenvalue weighted by Crippen LogP contribution is -2.46. The predicted octanol–water partition coefficient (Wildman–Crippen LogP) is 3.02. The van der Waals surface area contributed by atoms with Crippen LogP contribution in [0.4, 0.5) is 26.0 Å². The van der Waals surface area contributed by atoms with Crippen LogP contribution in [-0.2, 0) is 17.9 Å². The molecule has 1 aliphatic carbocycles. The zero-order chi connectivity index (χ0) is 20.1. The highest BCUT2D eigenvalue weighted by molar-refractivity contribution is 6.02. The summed E-state index contributed by atoms with van der Waals surface area (Å²) in [7, 11) is 1.87. The first kappa shape index (κ1) is 18.6. The largest absolute Gasteiger partial charge is 0.366 e. The van der Waals surface area contributed by atoms with Gasteiger partial charge >= 0.3 is 0 Å². The Kier molecular flexibility index (Phi) is 4.28. The van der Waals surface area contributed by atoms with E-state index in [1.807, 2.05) is 38.1 Å². The molecule has 0 unspecified atom stereocenters. The molecule has 150 valence electrons. The van der Waals surface area contributed by atoms with Gasteiger partial charge < -0.3 is 15.5 Å². The molecule has 2 aliphatic rings. The SMILES string of the molecule is Cc1nc(NCc2cnn(CC3(C)CC(F)(F)C3)c2)cc2c1NC(=O)CN2C. The lowest BCUT2D eigenvalue weighted by Gasteiger charge is -2.44. The minimum absolute atomic E-state index is 0.0501. The molecule has 0 bridgehead atoms. The maximum Gasteiger partial charge on any atom is 0.249 e. The molecule has 1 fully saturated rings. The third kappa shape index (κ3) is 3.65. The second kappa shape index (κ2) is 6.42. The Morgan fingerprint density at radius 1 is 1.36 bits per heavy atom. The van der Waals surface area contributed by atoms with Gasteiger partial charge in [-0.2, -0.15) is 5.10 Å². The van der Waals surface area contributed by atoms with Crippen LogP contribution in [0, 0.1) is 12.3 Å². The monoisotopic (exact) mass is 390 g/mol. The quantitative estimate of drug-likeness (QED) is 0.821. The van der Waals surface area contributed by atoms with Crippen LogP contribution in [-0.4, -0.2) is 40.2 Å². The van der Waals surface area contributed by atoms with Crippen LogP contribution >= 0.6 is 0 Å². The molecule has 2 N–H and O–H groups in total. The number of halogens is 2. The molecule has 4 rings (SSSR count). The number of likely N-dealkylation sites (N-methyl/N-ethyl adjacent to an activating group) is 1. The first-order chi connectivity index (χ1) is 13.1. The first-order valence-electron chi connectivity index (χ1n) is 9.28. The van der Waals surface area contributed by atoms with Gasteiger partial charge in [-0.25, -0.2) is 13.8 Å². The molecule has 1 saturated carbocycles. The number of pyridine rings is 1. The van der Waals surface area contributed by atoms with E-state index in [-0.39, 0.29) is 18.7 Å². The first-order valence-corrected chi connectivity index (χ1v) is 9.28. The number of fused-ring (bicyclic) bond motifs is 1. The normalized spacial score (nSPS) is 19.6. The van der Waals surface area contributed by atoms with Gasteiger partial charge in [0.05, 0.1) is 29.8 Å². The third-order valence-corrected chi connectivity index (χ3v) is 5.31. The fourth-order valence-electron chi connectivity index (χ4n) is 4.16. The summed E-state index contributed by atoms with van der Waals surface area (Å²) in [6, 6.07) is 1.91. The summed E-state index contributed by atoms with van der Waals surface area (Å²) in [5.74, 6) is -1.88. The van der Waals surface area contributed by atoms with Crippen LogP contribution in [0.25, 0.3) is 0 Å². The number of aromatic nitrogens is 3. The van der Waals surface area contributed by atoms with Crippen LogP contribution in [0.2, 0.25) is 0 Å². The zero-order valence-corrected chi connectivity index (χ0v) is 16.2. The van der Waals surface area contributed by atoms with Crippen LogP contribution in [0.1, 0.15) is 31.0 Å². The third-order valence-electron chi connectivity index (χ3n) is 5.31. The van der Waals surface area contributed by atoms with Gasteiger partial charge in [0.15, 0.2) is 0 Å². The van der Waals surface area contributed by atoms with Crippen molar-refractivity contribution < 1.29 is 13.6 Å². The van der Waals surface area contributed by atoms with Crippen molar-refractivity contribution in [1.29, 1.82) is 0 Å². The average Bonchev–Trinajstić information content (AvgIpc) is 2.99. The molecule has 28 heavy (non-hydrogen) atoms. The van der Waals surface area contributed by atoms with E-state index in [1.54, 1.807) is 10.9 Å². The number of carbonyl (C=O) groups is 1. The Morgan fingerprint density at radius 2 is 2.11 bits per heavy atom. The Morgan fingerprint density at radius 3 is 2.82 bits per heavy atom. The summed E-state index contributed by atoms with van der Waals surface area (Å²) in [5.41, 5.74) is 2.96. The lowest BCUT2D eigenvalue weighted by molar-refractivity contribution is -0.159. The molecule has 0 atom stereocenters. The average molecular weight is 390 g/mol. The zero-order valence-electron chi connectivity index (χ0n) is 16.2. The fourth-order valence-corrected chi connectivity index (χ4v) is 4.16. The second-order valence-electron chi connectivity index (χ2n) is 8.31. The van der Waals surface area contributed by atoms with Crippen molar-refractivity contribution in [2.75, 3.05) is 29.1 Å². The summed E-state index contributed by atoms with van der Waals surface area (Å²) in [4.78, 5) is 18.1. The van der Waals surface area contributed by atoms with E-state index in [4.69, 9.17) is 0 Å². The van der Waals surface area contributed by atoms with Gasteiger partial charge in [-0.05, 0) is 12.3 Å². The molecule has 7 nitrogen and oxygen atoms in total. The summed E-state index contributed by atoms with van der Waals surface area (Å²) >= 11 is 0. The standard InChI is InChI=1S/C19H24F2N6O/c1-12-17-14(26(3)8-16(28)25-17)4-15(24-12)22-5-13-6-23-27(7-13)11-18(2)9-19(20,21)10-18/h4,6-7H,5,8-11H2,1-3H3,(H,22,24)(H,25,28). The van der Waals surface area contributed by atoms with Crippen molar-refractivity contribution in [3.63, 3.8) is 0 Å². The van der Waals surface area contributed by atoms with Gasteiger partial charge in [0.1, 0.15) is 5.82 Å². The molecule has 1 amide bonds. The minimum Gasteiger partial charge on any atom is -0.366 e. The number of hydrogen-bond donors (Lipinski definition) is 2. The van der Waals surface area contributed by atoms with E-state index < -0.39 is 11.3 Å². The predicted molar refractivity (Wildman–Crippen MR) is 103 cm³/mol. The molecule has 9 heteroatoms. The number of hydrogen-bond acceptors (Lipinski definition) is 5. The highest BCUT2D eigenvalue weighted by Crippen LogP contribution is 2.52. The molecule has 2 aromatic rings. The summed E-state index contributed by atoms with van der Waals surface area (Å²) < 4.78 is 28.1. The van der Waals surface area contributed by atoms with E-state index in [0.29, 0.717) is 25.5 Å². The Bertz CT molecular complexity index is 917. The van der Waals surface area contributed by atoms with Gasteiger partial charge in [-0.1, -0.05) is 6.92 Å². The molecular weight excluding hydrogens is 366 g/mol. The Balaban J connectivity index is 1.40. The summed E-state index contributed by atoms with van der Waals surface area (Å²) in [5, 5.41) is 10.4. The Labute approximate surface area is 162 Å². The lowest BCUT2D eigenvalue weighted by atomic mass is 9.67. The van der Waals surface area contributed by atoms with E-state index in [2.05, 4.69) is 20.7 Å². The van der Waals surface area contributed by atoms with Gasteiger partial charge in [0, 0.05) is 50.8 Å². The number of nitrogens with one attached hydrogen (secondary N) is 2. The maximum atomic E-state index is 13.2. The molecule has 1 aliphatic heterocycles. The van der Waals surface area contributed by atoms with Crippen molar-refractivity contribution in [3.05, 3.63) is 29.7 Å². The highest BCUT2D eigenvalue weighted by Gasteiger charge is 2.53. The van der Waals surface area contributed by atoms with Crippen molar-refractivity contribution in [3.8, 4) is 0 Å². The van der Waals surface area contributed by atoms with Crippen molar-refractivity contribution in [2.45, 2.75) is 45.7 Å². The maximum absolute atomic E-state index is 13.2. The molecule has 0 spiro atoms. The number of nitrogens with zero attached hydrogens (tertiary/aromatic N) is 4. The van der Waals surface area contributed by atoms with E-state index in [9.17, 15) is 13.6 Å². The molecular formula is C19H24F2N6O. The van der Waals surface area contributed by atoms with Crippen molar-refractivity contribution >= 4 is 23.1 Å². The van der Waals surface area contributed by atoms with E-state index in [1.165, 1.54) is 0 Å². The van der Waals surface area contributed by atoms with Crippen molar-refractivity contribution in [1.82, 2.24) is 14.8 Å². The Hall–Kier alpha value is -2.71. The molecule has 3 heterocycles.